The molecule has 0 aromatic carbocycles. The van der Waals surface area contributed by atoms with Gasteiger partial charge in [0.1, 0.15) is 0 Å². The van der Waals surface area contributed by atoms with Crippen LogP contribution in [-0.2, 0) is 4.74 Å². The van der Waals surface area contributed by atoms with Gasteiger partial charge >= 0.3 is 5.97 Å². The molecule has 0 saturated carbocycles. The van der Waals surface area contributed by atoms with Crippen molar-refractivity contribution < 1.29 is 9.53 Å². The van der Waals surface area contributed by atoms with E-state index in [-0.39, 0.29) is 17.3 Å². The van der Waals surface area contributed by atoms with E-state index in [9.17, 15) is 4.79 Å². The number of esters is 1. The lowest BCUT2D eigenvalue weighted by Crippen LogP contribution is -2.08. The molecule has 0 aliphatic heterocycles. The third-order valence-corrected chi connectivity index (χ3v) is 2.79. The molecule has 0 atom stereocenters. The number of pyridine rings is 1. The molecule has 0 amide bonds. The third kappa shape index (κ3) is 2.71. The van der Waals surface area contributed by atoms with Crippen LogP contribution in [0.3, 0.4) is 0 Å². The second-order valence-corrected chi connectivity index (χ2v) is 4.54. The molecule has 2 heterocycles. The van der Waals surface area contributed by atoms with E-state index in [1.165, 1.54) is 19.4 Å². The first-order valence-electron chi connectivity index (χ1n) is 6.17. The predicted molar refractivity (Wildman–Crippen MR) is 75.9 cm³/mol. The molecule has 106 valence electrons. The first kappa shape index (κ1) is 13.9. The van der Waals surface area contributed by atoms with Gasteiger partial charge in [-0.3, -0.25) is 4.68 Å². The summed E-state index contributed by atoms with van der Waals surface area (Å²) in [5.41, 5.74) is 7.20. The van der Waals surface area contributed by atoms with E-state index in [0.717, 1.165) is 5.69 Å². The molecule has 3 N–H and O–H groups in total. The van der Waals surface area contributed by atoms with Crippen molar-refractivity contribution in [1.29, 1.82) is 0 Å². The summed E-state index contributed by atoms with van der Waals surface area (Å²) in [5, 5.41) is 7.25. The topological polar surface area (TPSA) is 95.1 Å². The number of carbonyl (C=O) groups excluding carboxylic acids is 1. The average molecular weight is 275 g/mol. The number of nitrogens with two attached hydrogens (primary N) is 1. The molecule has 0 spiro atoms. The molecule has 0 aliphatic carbocycles. The summed E-state index contributed by atoms with van der Waals surface area (Å²) in [4.78, 5) is 15.7. The Morgan fingerprint density at radius 1 is 1.50 bits per heavy atom. The van der Waals surface area contributed by atoms with Gasteiger partial charge in [0, 0.05) is 18.4 Å². The first-order chi connectivity index (χ1) is 9.52. The van der Waals surface area contributed by atoms with Gasteiger partial charge < -0.3 is 15.8 Å². The van der Waals surface area contributed by atoms with Crippen molar-refractivity contribution in [3.63, 3.8) is 0 Å². The van der Waals surface area contributed by atoms with E-state index in [4.69, 9.17) is 5.73 Å². The Kier molecular flexibility index (Phi) is 3.88. The lowest BCUT2D eigenvalue weighted by molar-refractivity contribution is 0.0602. The highest BCUT2D eigenvalue weighted by Gasteiger charge is 2.14. The second-order valence-electron chi connectivity index (χ2n) is 4.54. The smallest absolute Gasteiger partial charge is 0.340 e. The number of nitrogens with one attached hydrogen (secondary N) is 1. The molecule has 0 fully saturated rings. The summed E-state index contributed by atoms with van der Waals surface area (Å²) in [6.45, 7) is 4.06. The van der Waals surface area contributed by atoms with Crippen LogP contribution >= 0.6 is 0 Å². The van der Waals surface area contributed by atoms with Crippen LogP contribution in [0, 0.1) is 0 Å². The monoisotopic (exact) mass is 275 g/mol. The number of hydrogen-bond acceptors (Lipinski definition) is 6. The van der Waals surface area contributed by atoms with Crippen molar-refractivity contribution in [2.24, 2.45) is 0 Å². The Bertz CT molecular complexity index is 621. The number of hydrogen-bond donors (Lipinski definition) is 2. The summed E-state index contributed by atoms with van der Waals surface area (Å²) in [6, 6.07) is 1.78. The van der Waals surface area contributed by atoms with Crippen LogP contribution in [0.5, 0.6) is 0 Å². The SMILES string of the molecule is COC(=O)c1ccnc(Nc2cnn(C(C)C)c2)c1N. The fourth-order valence-electron chi connectivity index (χ4n) is 1.68. The van der Waals surface area contributed by atoms with E-state index in [0.29, 0.717) is 5.82 Å². The summed E-state index contributed by atoms with van der Waals surface area (Å²) >= 11 is 0. The zero-order valence-corrected chi connectivity index (χ0v) is 11.6. The van der Waals surface area contributed by atoms with Crippen LogP contribution in [0.25, 0.3) is 0 Å². The van der Waals surface area contributed by atoms with Gasteiger partial charge in [-0.25, -0.2) is 9.78 Å². The maximum atomic E-state index is 11.6. The molecular formula is C13H17N5O2. The van der Waals surface area contributed by atoms with Gasteiger partial charge in [0.05, 0.1) is 30.2 Å². The van der Waals surface area contributed by atoms with Gasteiger partial charge in [0.15, 0.2) is 5.82 Å². The maximum Gasteiger partial charge on any atom is 0.340 e. The number of rotatable bonds is 4. The molecule has 20 heavy (non-hydrogen) atoms. The van der Waals surface area contributed by atoms with E-state index in [1.807, 2.05) is 24.7 Å². The molecule has 7 nitrogen and oxygen atoms in total. The lowest BCUT2D eigenvalue weighted by atomic mass is 10.2. The number of nitrogens with zero attached hydrogens (tertiary/aromatic N) is 3. The second kappa shape index (κ2) is 5.60. The van der Waals surface area contributed by atoms with E-state index < -0.39 is 5.97 Å². The van der Waals surface area contributed by atoms with Crippen molar-refractivity contribution in [2.45, 2.75) is 19.9 Å². The highest BCUT2D eigenvalue weighted by molar-refractivity contribution is 5.97. The van der Waals surface area contributed by atoms with Crippen molar-refractivity contribution >= 4 is 23.2 Å². The van der Waals surface area contributed by atoms with Gasteiger partial charge in [-0.15, -0.1) is 0 Å². The molecular weight excluding hydrogens is 258 g/mol. The molecule has 2 aromatic heterocycles. The Morgan fingerprint density at radius 2 is 2.25 bits per heavy atom. The first-order valence-corrected chi connectivity index (χ1v) is 6.17. The van der Waals surface area contributed by atoms with Gasteiger partial charge in [0.25, 0.3) is 0 Å². The zero-order valence-electron chi connectivity index (χ0n) is 11.6. The lowest BCUT2D eigenvalue weighted by Gasteiger charge is -2.09. The number of anilines is 3. The minimum Gasteiger partial charge on any atom is -0.465 e. The van der Waals surface area contributed by atoms with Crippen molar-refractivity contribution in [2.75, 3.05) is 18.2 Å². The molecule has 2 rings (SSSR count). The summed E-state index contributed by atoms with van der Waals surface area (Å²) in [5.74, 6) is -0.0953. The summed E-state index contributed by atoms with van der Waals surface area (Å²) < 4.78 is 6.48. The zero-order chi connectivity index (χ0) is 14.7. The summed E-state index contributed by atoms with van der Waals surface area (Å²) in [7, 11) is 1.31. The predicted octanol–water partition coefficient (Wildman–Crippen LogP) is 1.97. The Hall–Kier alpha value is -2.57. The normalized spacial score (nSPS) is 10.6. The van der Waals surface area contributed by atoms with Crippen LogP contribution in [0.1, 0.15) is 30.2 Å². The molecule has 0 aliphatic rings. The molecule has 0 radical (unpaired) electrons. The highest BCUT2D eigenvalue weighted by atomic mass is 16.5. The molecule has 0 bridgehead atoms. The Balaban J connectivity index is 2.27. The largest absolute Gasteiger partial charge is 0.465 e. The minimum absolute atomic E-state index is 0.247. The van der Waals surface area contributed by atoms with E-state index in [2.05, 4.69) is 20.1 Å². The Labute approximate surface area is 116 Å². The molecule has 7 heteroatoms. The van der Waals surface area contributed by atoms with Crippen molar-refractivity contribution in [3.05, 3.63) is 30.2 Å². The Morgan fingerprint density at radius 3 is 2.85 bits per heavy atom. The van der Waals surface area contributed by atoms with Crippen LogP contribution in [0.4, 0.5) is 17.2 Å². The molecule has 0 saturated heterocycles. The number of aromatic nitrogens is 3. The third-order valence-electron chi connectivity index (χ3n) is 2.79. The van der Waals surface area contributed by atoms with Gasteiger partial charge in [-0.2, -0.15) is 5.10 Å². The maximum absolute atomic E-state index is 11.6. The van der Waals surface area contributed by atoms with Gasteiger partial charge in [0.2, 0.25) is 0 Å². The van der Waals surface area contributed by atoms with Crippen LogP contribution in [0.15, 0.2) is 24.7 Å². The minimum atomic E-state index is -0.495. The van der Waals surface area contributed by atoms with Gasteiger partial charge in [-0.1, -0.05) is 0 Å². The van der Waals surface area contributed by atoms with Crippen LogP contribution < -0.4 is 11.1 Å². The average Bonchev–Trinajstić information content (AvgIpc) is 2.89. The van der Waals surface area contributed by atoms with Gasteiger partial charge in [-0.05, 0) is 19.9 Å². The van der Waals surface area contributed by atoms with Crippen LogP contribution in [0.2, 0.25) is 0 Å². The fraction of sp³-hybridized carbons (Fsp3) is 0.308. The van der Waals surface area contributed by atoms with E-state index >= 15 is 0 Å². The summed E-state index contributed by atoms with van der Waals surface area (Å²) in [6.07, 6.45) is 5.01. The molecule has 0 unspecified atom stereocenters. The number of carbonyl (C=O) groups is 1. The fourth-order valence-corrected chi connectivity index (χ4v) is 1.68. The number of methoxy groups -OCH3 is 1. The van der Waals surface area contributed by atoms with Crippen molar-refractivity contribution in [1.82, 2.24) is 14.8 Å². The highest BCUT2D eigenvalue weighted by Crippen LogP contribution is 2.24. The quantitative estimate of drug-likeness (QED) is 0.828. The van der Waals surface area contributed by atoms with E-state index in [1.54, 1.807) is 6.20 Å². The van der Waals surface area contributed by atoms with Crippen LogP contribution in [-0.4, -0.2) is 27.8 Å². The number of ether oxygens (including phenoxy) is 1. The van der Waals surface area contributed by atoms with Crippen molar-refractivity contribution in [3.8, 4) is 0 Å². The number of nitrogen functional groups attached to an aromatic ring is 1. The standard InChI is InChI=1S/C13H17N5O2/c1-8(2)18-7-9(6-16-18)17-12-11(14)10(4-5-15-12)13(19)20-3/h4-8H,14H2,1-3H3,(H,15,17). The molecule has 2 aromatic rings.